The Bertz CT molecular complexity index is 752. The van der Waals surface area contributed by atoms with Crippen LogP contribution < -0.4 is 5.32 Å². The summed E-state index contributed by atoms with van der Waals surface area (Å²) in [4.78, 5) is 16.8. The number of carbonyl (C=O) groups is 1. The van der Waals surface area contributed by atoms with Crippen molar-refractivity contribution < 1.29 is 4.79 Å². The molecule has 1 N–H and O–H groups in total. The molecule has 0 bridgehead atoms. The van der Waals surface area contributed by atoms with Crippen LogP contribution in [-0.2, 0) is 4.79 Å². The van der Waals surface area contributed by atoms with E-state index in [-0.39, 0.29) is 11.8 Å². The number of rotatable bonds is 5. The van der Waals surface area contributed by atoms with Crippen LogP contribution >= 0.6 is 11.3 Å². The van der Waals surface area contributed by atoms with E-state index in [1.165, 1.54) is 0 Å². The topological polar surface area (TPSA) is 42.0 Å². The fraction of sp³-hybridized carbons (Fsp3) is 0.158. The third kappa shape index (κ3) is 3.66. The van der Waals surface area contributed by atoms with E-state index in [2.05, 4.69) is 10.3 Å². The average molecular weight is 322 g/mol. The zero-order valence-electron chi connectivity index (χ0n) is 12.9. The van der Waals surface area contributed by atoms with Crippen molar-refractivity contribution >= 4 is 22.9 Å². The maximum Gasteiger partial charge on any atom is 0.231 e. The van der Waals surface area contributed by atoms with Crippen LogP contribution in [0, 0.1) is 0 Å². The molecule has 3 nitrogen and oxygen atoms in total. The molecule has 1 atom stereocenters. The Morgan fingerprint density at radius 3 is 2.48 bits per heavy atom. The van der Waals surface area contributed by atoms with Gasteiger partial charge in [-0.3, -0.25) is 4.79 Å². The van der Waals surface area contributed by atoms with Gasteiger partial charge in [0, 0.05) is 22.8 Å². The van der Waals surface area contributed by atoms with Crippen molar-refractivity contribution in [1.82, 2.24) is 4.98 Å². The standard InChI is InChI=1S/C19H18N2OS/c1-2-17(14-6-4-3-5-7-14)18(22)21-16-10-8-15(9-11-16)19-20-12-13-23-19/h3-13,17H,2H2,1H3,(H,21,22)/t17-/m0/s1. The molecule has 3 aromatic rings. The minimum absolute atomic E-state index is 0.0284. The summed E-state index contributed by atoms with van der Waals surface area (Å²) in [5, 5.41) is 5.95. The molecular weight excluding hydrogens is 304 g/mol. The molecule has 0 saturated heterocycles. The van der Waals surface area contributed by atoms with Gasteiger partial charge in [-0.2, -0.15) is 0 Å². The van der Waals surface area contributed by atoms with E-state index in [0.717, 1.165) is 28.2 Å². The van der Waals surface area contributed by atoms with E-state index in [4.69, 9.17) is 0 Å². The van der Waals surface area contributed by atoms with Gasteiger partial charge in [0.2, 0.25) is 5.91 Å². The number of anilines is 1. The summed E-state index contributed by atoms with van der Waals surface area (Å²) in [6.45, 7) is 2.03. The lowest BCUT2D eigenvalue weighted by atomic mass is 9.95. The van der Waals surface area contributed by atoms with E-state index in [9.17, 15) is 4.79 Å². The second-order valence-electron chi connectivity index (χ2n) is 5.28. The van der Waals surface area contributed by atoms with Crippen molar-refractivity contribution in [2.24, 2.45) is 0 Å². The summed E-state index contributed by atoms with van der Waals surface area (Å²) in [5.41, 5.74) is 2.92. The molecule has 4 heteroatoms. The molecule has 1 aromatic heterocycles. The van der Waals surface area contributed by atoms with Crippen molar-refractivity contribution in [2.75, 3.05) is 5.32 Å². The normalized spacial score (nSPS) is 11.9. The van der Waals surface area contributed by atoms with Gasteiger partial charge < -0.3 is 5.32 Å². The Labute approximate surface area is 140 Å². The Balaban J connectivity index is 1.72. The van der Waals surface area contributed by atoms with Gasteiger partial charge in [0.05, 0.1) is 5.92 Å². The maximum absolute atomic E-state index is 12.5. The van der Waals surface area contributed by atoms with Crippen LogP contribution in [0.1, 0.15) is 24.8 Å². The molecule has 0 radical (unpaired) electrons. The molecule has 2 aromatic carbocycles. The van der Waals surface area contributed by atoms with Crippen LogP contribution in [0.4, 0.5) is 5.69 Å². The number of amides is 1. The van der Waals surface area contributed by atoms with Crippen molar-refractivity contribution in [3.63, 3.8) is 0 Å². The van der Waals surface area contributed by atoms with Crippen LogP contribution in [0.2, 0.25) is 0 Å². The summed E-state index contributed by atoms with van der Waals surface area (Å²) >= 11 is 1.60. The van der Waals surface area contributed by atoms with Crippen LogP contribution in [0.25, 0.3) is 10.6 Å². The number of nitrogens with zero attached hydrogens (tertiary/aromatic N) is 1. The second-order valence-corrected chi connectivity index (χ2v) is 6.17. The molecule has 0 fully saturated rings. The predicted molar refractivity (Wildman–Crippen MR) is 95.7 cm³/mol. The Hall–Kier alpha value is -2.46. The van der Waals surface area contributed by atoms with Gasteiger partial charge in [0.1, 0.15) is 5.01 Å². The minimum Gasteiger partial charge on any atom is -0.326 e. The number of carbonyl (C=O) groups excluding carboxylic acids is 1. The molecule has 0 aliphatic heterocycles. The number of hydrogen-bond acceptors (Lipinski definition) is 3. The first kappa shape index (κ1) is 15.4. The van der Waals surface area contributed by atoms with Crippen molar-refractivity contribution in [1.29, 1.82) is 0 Å². The second kappa shape index (κ2) is 7.20. The third-order valence-corrected chi connectivity index (χ3v) is 4.58. The Morgan fingerprint density at radius 2 is 1.87 bits per heavy atom. The van der Waals surface area contributed by atoms with Crippen LogP contribution in [0.15, 0.2) is 66.2 Å². The van der Waals surface area contributed by atoms with Gasteiger partial charge in [-0.15, -0.1) is 11.3 Å². The molecule has 0 saturated carbocycles. The molecule has 0 unspecified atom stereocenters. The molecule has 1 heterocycles. The first-order chi connectivity index (χ1) is 11.3. The van der Waals surface area contributed by atoms with E-state index < -0.39 is 0 Å². The molecular formula is C19H18N2OS. The highest BCUT2D eigenvalue weighted by molar-refractivity contribution is 7.13. The number of nitrogens with one attached hydrogen (secondary N) is 1. The monoisotopic (exact) mass is 322 g/mol. The van der Waals surface area contributed by atoms with Gasteiger partial charge >= 0.3 is 0 Å². The van der Waals surface area contributed by atoms with Crippen molar-refractivity contribution in [2.45, 2.75) is 19.3 Å². The van der Waals surface area contributed by atoms with Crippen LogP contribution in [0.5, 0.6) is 0 Å². The summed E-state index contributed by atoms with van der Waals surface area (Å²) in [5.74, 6) is -0.101. The molecule has 3 rings (SSSR count). The minimum atomic E-state index is -0.130. The van der Waals surface area contributed by atoms with E-state index in [1.54, 1.807) is 17.5 Å². The van der Waals surface area contributed by atoms with Gasteiger partial charge in [-0.1, -0.05) is 37.3 Å². The third-order valence-electron chi connectivity index (χ3n) is 3.76. The van der Waals surface area contributed by atoms with Gasteiger partial charge in [-0.25, -0.2) is 4.98 Å². The average Bonchev–Trinajstić information content (AvgIpc) is 3.12. The molecule has 0 aliphatic rings. The zero-order valence-corrected chi connectivity index (χ0v) is 13.7. The quantitative estimate of drug-likeness (QED) is 0.722. The van der Waals surface area contributed by atoms with E-state index in [1.807, 2.05) is 66.9 Å². The summed E-state index contributed by atoms with van der Waals surface area (Å²) in [6.07, 6.45) is 2.56. The van der Waals surface area contributed by atoms with Gasteiger partial charge in [-0.05, 0) is 36.2 Å². The lowest BCUT2D eigenvalue weighted by Crippen LogP contribution is -2.20. The number of benzene rings is 2. The maximum atomic E-state index is 12.5. The summed E-state index contributed by atoms with van der Waals surface area (Å²) < 4.78 is 0. The van der Waals surface area contributed by atoms with Crippen LogP contribution in [0.3, 0.4) is 0 Å². The highest BCUT2D eigenvalue weighted by Gasteiger charge is 2.18. The van der Waals surface area contributed by atoms with Crippen LogP contribution in [-0.4, -0.2) is 10.9 Å². The predicted octanol–water partition coefficient (Wildman–Crippen LogP) is 4.94. The summed E-state index contributed by atoms with van der Waals surface area (Å²) in [6, 6.07) is 17.7. The van der Waals surface area contributed by atoms with E-state index in [0.29, 0.717) is 0 Å². The smallest absolute Gasteiger partial charge is 0.231 e. The Kier molecular flexibility index (Phi) is 4.83. The largest absolute Gasteiger partial charge is 0.326 e. The van der Waals surface area contributed by atoms with E-state index >= 15 is 0 Å². The van der Waals surface area contributed by atoms with Crippen molar-refractivity contribution in [3.8, 4) is 10.6 Å². The molecule has 116 valence electrons. The first-order valence-corrected chi connectivity index (χ1v) is 8.51. The molecule has 1 amide bonds. The highest BCUT2D eigenvalue weighted by Crippen LogP contribution is 2.25. The number of aromatic nitrogens is 1. The van der Waals surface area contributed by atoms with Gasteiger partial charge in [0.15, 0.2) is 0 Å². The molecule has 23 heavy (non-hydrogen) atoms. The fourth-order valence-electron chi connectivity index (χ4n) is 2.55. The molecule has 0 aliphatic carbocycles. The lowest BCUT2D eigenvalue weighted by Gasteiger charge is -2.15. The zero-order chi connectivity index (χ0) is 16.1. The summed E-state index contributed by atoms with van der Waals surface area (Å²) in [7, 11) is 0. The first-order valence-electron chi connectivity index (χ1n) is 7.63. The SMILES string of the molecule is CC[C@H](C(=O)Nc1ccc(-c2nccs2)cc1)c1ccccc1. The fourth-order valence-corrected chi connectivity index (χ4v) is 3.19. The number of hydrogen-bond donors (Lipinski definition) is 1. The highest BCUT2D eigenvalue weighted by atomic mass is 32.1. The lowest BCUT2D eigenvalue weighted by molar-refractivity contribution is -0.117. The number of thiazole rings is 1. The Morgan fingerprint density at radius 1 is 1.13 bits per heavy atom. The van der Waals surface area contributed by atoms with Gasteiger partial charge in [0.25, 0.3) is 0 Å². The molecule has 0 spiro atoms. The van der Waals surface area contributed by atoms with Crippen molar-refractivity contribution in [3.05, 3.63) is 71.7 Å².